The molecule has 11 nitrogen and oxygen atoms in total. The SMILES string of the molecule is Cc1cnc(Nc2cnn(C3CCN(C(=O)OC(C)(C)C)CC3)c2)nc1-c1ccc(C(=O)NCC#N)cc1. The Morgan fingerprint density at radius 1 is 1.16 bits per heavy atom. The Labute approximate surface area is 221 Å². The van der Waals surface area contributed by atoms with Gasteiger partial charge >= 0.3 is 6.09 Å². The summed E-state index contributed by atoms with van der Waals surface area (Å²) in [6.45, 7) is 8.72. The van der Waals surface area contributed by atoms with E-state index in [1.165, 1.54) is 0 Å². The van der Waals surface area contributed by atoms with Crippen LogP contribution in [0.5, 0.6) is 0 Å². The van der Waals surface area contributed by atoms with Crippen molar-refractivity contribution in [3.63, 3.8) is 0 Å². The highest BCUT2D eigenvalue weighted by atomic mass is 16.6. The van der Waals surface area contributed by atoms with Gasteiger partial charge in [-0.1, -0.05) is 12.1 Å². The Morgan fingerprint density at radius 2 is 1.87 bits per heavy atom. The van der Waals surface area contributed by atoms with Gasteiger partial charge in [0, 0.05) is 36.6 Å². The molecule has 2 amide bonds. The number of amides is 2. The maximum Gasteiger partial charge on any atom is 0.410 e. The molecule has 38 heavy (non-hydrogen) atoms. The molecule has 0 spiro atoms. The molecule has 0 atom stereocenters. The van der Waals surface area contributed by atoms with E-state index in [-0.39, 0.29) is 24.6 Å². The number of benzene rings is 1. The Balaban J connectivity index is 1.39. The lowest BCUT2D eigenvalue weighted by Crippen LogP contribution is -2.42. The minimum absolute atomic E-state index is 0.0392. The van der Waals surface area contributed by atoms with Crippen LogP contribution < -0.4 is 10.6 Å². The van der Waals surface area contributed by atoms with Gasteiger partial charge in [-0.25, -0.2) is 14.8 Å². The first-order chi connectivity index (χ1) is 18.1. The molecule has 1 aromatic carbocycles. The van der Waals surface area contributed by atoms with Gasteiger partial charge in [0.05, 0.1) is 29.7 Å². The topological polar surface area (TPSA) is 138 Å². The summed E-state index contributed by atoms with van der Waals surface area (Å²) in [5.41, 5.74) is 3.21. The first kappa shape index (κ1) is 26.6. The second-order valence-corrected chi connectivity index (χ2v) is 10.2. The lowest BCUT2D eigenvalue weighted by Gasteiger charge is -2.33. The minimum atomic E-state index is -0.507. The number of carbonyl (C=O) groups excluding carboxylic acids is 2. The zero-order valence-corrected chi connectivity index (χ0v) is 22.1. The smallest absolute Gasteiger partial charge is 0.410 e. The number of hydrogen-bond acceptors (Lipinski definition) is 8. The van der Waals surface area contributed by atoms with E-state index < -0.39 is 5.60 Å². The standard InChI is InChI=1S/C27H32N8O3/c1-18-15-30-25(33-23(18)19-5-7-20(8-6-19)24(36)29-12-11-28)32-21-16-31-35(17-21)22-9-13-34(14-10-22)26(37)38-27(2,3)4/h5-8,15-17,22H,9-10,12-14H2,1-4H3,(H,29,36)(H,30,32,33). The van der Waals surface area contributed by atoms with Crippen LogP contribution in [0.4, 0.5) is 16.4 Å². The zero-order chi connectivity index (χ0) is 27.3. The maximum atomic E-state index is 12.3. The Bertz CT molecular complexity index is 1330. The highest BCUT2D eigenvalue weighted by Crippen LogP contribution is 2.26. The van der Waals surface area contributed by atoms with Crippen LogP contribution in [0.1, 0.15) is 55.6 Å². The fraction of sp³-hybridized carbons (Fsp3) is 0.407. The van der Waals surface area contributed by atoms with Gasteiger partial charge in [0.2, 0.25) is 5.95 Å². The number of anilines is 2. The molecule has 198 valence electrons. The lowest BCUT2D eigenvalue weighted by atomic mass is 10.1. The summed E-state index contributed by atoms with van der Waals surface area (Å²) < 4.78 is 7.40. The molecular formula is C27H32N8O3. The van der Waals surface area contributed by atoms with Gasteiger partial charge in [0.25, 0.3) is 5.91 Å². The van der Waals surface area contributed by atoms with E-state index in [1.54, 1.807) is 29.4 Å². The van der Waals surface area contributed by atoms with E-state index in [0.29, 0.717) is 24.6 Å². The predicted molar refractivity (Wildman–Crippen MR) is 142 cm³/mol. The first-order valence-electron chi connectivity index (χ1n) is 12.5. The van der Waals surface area contributed by atoms with Crippen molar-refractivity contribution >= 4 is 23.6 Å². The van der Waals surface area contributed by atoms with E-state index >= 15 is 0 Å². The van der Waals surface area contributed by atoms with Gasteiger partial charge < -0.3 is 20.3 Å². The fourth-order valence-corrected chi connectivity index (χ4v) is 4.17. The second-order valence-electron chi connectivity index (χ2n) is 10.2. The highest BCUT2D eigenvalue weighted by molar-refractivity contribution is 5.94. The molecular weight excluding hydrogens is 484 g/mol. The summed E-state index contributed by atoms with van der Waals surface area (Å²) in [5, 5.41) is 18.9. The average molecular weight is 517 g/mol. The number of likely N-dealkylation sites (tertiary alicyclic amines) is 1. The molecule has 4 rings (SSSR count). The van der Waals surface area contributed by atoms with Crippen LogP contribution in [0.25, 0.3) is 11.3 Å². The van der Waals surface area contributed by atoms with Gasteiger partial charge in [0.1, 0.15) is 12.1 Å². The van der Waals surface area contributed by atoms with Crippen LogP contribution in [0.15, 0.2) is 42.9 Å². The van der Waals surface area contributed by atoms with Gasteiger partial charge in [-0.3, -0.25) is 9.48 Å². The van der Waals surface area contributed by atoms with E-state index in [1.807, 2.05) is 56.8 Å². The molecule has 2 aromatic heterocycles. The molecule has 1 fully saturated rings. The number of piperidine rings is 1. The molecule has 3 heterocycles. The number of aromatic nitrogens is 4. The molecule has 0 aliphatic carbocycles. The van der Waals surface area contributed by atoms with Gasteiger partial charge in [-0.15, -0.1) is 0 Å². The summed E-state index contributed by atoms with van der Waals surface area (Å²) in [6, 6.07) is 9.12. The number of hydrogen-bond donors (Lipinski definition) is 2. The zero-order valence-electron chi connectivity index (χ0n) is 22.1. The molecule has 2 N–H and O–H groups in total. The number of aryl methyl sites for hydroxylation is 1. The minimum Gasteiger partial charge on any atom is -0.444 e. The van der Waals surface area contributed by atoms with Crippen molar-refractivity contribution in [2.45, 2.75) is 52.2 Å². The average Bonchev–Trinajstić information content (AvgIpc) is 3.36. The molecule has 1 aliphatic heterocycles. The predicted octanol–water partition coefficient (Wildman–Crippen LogP) is 4.22. The number of nitriles is 1. The first-order valence-corrected chi connectivity index (χ1v) is 12.5. The quantitative estimate of drug-likeness (QED) is 0.465. The van der Waals surface area contributed by atoms with Crippen molar-refractivity contribution in [2.24, 2.45) is 0 Å². The monoisotopic (exact) mass is 516 g/mol. The normalized spacial score (nSPS) is 14.0. The molecule has 0 unspecified atom stereocenters. The number of rotatable bonds is 6. The summed E-state index contributed by atoms with van der Waals surface area (Å²) in [4.78, 5) is 35.2. The summed E-state index contributed by atoms with van der Waals surface area (Å²) >= 11 is 0. The third-order valence-corrected chi connectivity index (χ3v) is 6.07. The van der Waals surface area contributed by atoms with Crippen molar-refractivity contribution in [3.8, 4) is 17.3 Å². The lowest BCUT2D eigenvalue weighted by molar-refractivity contribution is 0.0184. The van der Waals surface area contributed by atoms with Crippen molar-refractivity contribution in [1.82, 2.24) is 30.0 Å². The highest BCUT2D eigenvalue weighted by Gasteiger charge is 2.28. The fourth-order valence-electron chi connectivity index (χ4n) is 4.17. The van der Waals surface area contributed by atoms with Crippen molar-refractivity contribution < 1.29 is 14.3 Å². The van der Waals surface area contributed by atoms with E-state index in [4.69, 9.17) is 10.00 Å². The van der Waals surface area contributed by atoms with Crippen LogP contribution in [-0.4, -0.2) is 61.9 Å². The van der Waals surface area contributed by atoms with Crippen molar-refractivity contribution in [1.29, 1.82) is 5.26 Å². The molecule has 11 heteroatoms. The largest absolute Gasteiger partial charge is 0.444 e. The number of nitrogens with one attached hydrogen (secondary N) is 2. The number of carbonyl (C=O) groups is 2. The molecule has 1 saturated heterocycles. The summed E-state index contributed by atoms with van der Waals surface area (Å²) in [7, 11) is 0. The van der Waals surface area contributed by atoms with E-state index in [9.17, 15) is 9.59 Å². The number of nitrogens with zero attached hydrogens (tertiary/aromatic N) is 6. The third-order valence-electron chi connectivity index (χ3n) is 6.07. The Hall–Kier alpha value is -4.46. The Morgan fingerprint density at radius 3 is 2.53 bits per heavy atom. The summed E-state index contributed by atoms with van der Waals surface area (Å²) in [5.74, 6) is 0.133. The maximum absolute atomic E-state index is 12.3. The molecule has 3 aromatic rings. The van der Waals surface area contributed by atoms with Gasteiger partial charge in [-0.2, -0.15) is 10.4 Å². The summed E-state index contributed by atoms with van der Waals surface area (Å²) in [6.07, 6.45) is 6.70. The van der Waals surface area contributed by atoms with Crippen LogP contribution in [0.2, 0.25) is 0 Å². The van der Waals surface area contributed by atoms with Crippen LogP contribution in [0, 0.1) is 18.3 Å². The molecule has 1 aliphatic rings. The van der Waals surface area contributed by atoms with Gasteiger partial charge in [-0.05, 0) is 58.2 Å². The second kappa shape index (κ2) is 11.3. The number of ether oxygens (including phenoxy) is 1. The van der Waals surface area contributed by atoms with E-state index in [0.717, 1.165) is 35.3 Å². The van der Waals surface area contributed by atoms with Crippen molar-refractivity contribution in [3.05, 3.63) is 54.0 Å². The van der Waals surface area contributed by atoms with Gasteiger partial charge in [0.15, 0.2) is 0 Å². The Kier molecular flexibility index (Phi) is 7.90. The molecule has 0 bridgehead atoms. The van der Waals surface area contributed by atoms with Crippen molar-refractivity contribution in [2.75, 3.05) is 25.0 Å². The van der Waals surface area contributed by atoms with Crippen LogP contribution >= 0.6 is 0 Å². The molecule has 0 radical (unpaired) electrons. The van der Waals surface area contributed by atoms with Crippen LogP contribution in [-0.2, 0) is 4.74 Å². The van der Waals surface area contributed by atoms with Crippen LogP contribution in [0.3, 0.4) is 0 Å². The van der Waals surface area contributed by atoms with E-state index in [2.05, 4.69) is 25.7 Å². The molecule has 0 saturated carbocycles. The third kappa shape index (κ3) is 6.64.